The van der Waals surface area contributed by atoms with Crippen LogP contribution in [0.2, 0.25) is 0 Å². The molecule has 2 fully saturated rings. The van der Waals surface area contributed by atoms with Crippen LogP contribution in [0.5, 0.6) is 0 Å². The summed E-state index contributed by atoms with van der Waals surface area (Å²) in [6.07, 6.45) is 6.55. The van der Waals surface area contributed by atoms with Crippen LogP contribution in [0.15, 0.2) is 103 Å². The van der Waals surface area contributed by atoms with Crippen molar-refractivity contribution in [2.75, 3.05) is 34.3 Å². The Morgan fingerprint density at radius 3 is 1.81 bits per heavy atom. The van der Waals surface area contributed by atoms with E-state index in [1.807, 2.05) is 85.4 Å². The molecule has 4 aromatic carbocycles. The minimum atomic E-state index is -0.680. The van der Waals surface area contributed by atoms with Gasteiger partial charge in [-0.2, -0.15) is 0 Å². The van der Waals surface area contributed by atoms with Gasteiger partial charge >= 0.3 is 6.09 Å². The fourth-order valence-corrected chi connectivity index (χ4v) is 8.70. The minimum absolute atomic E-state index is 0.0932. The van der Waals surface area contributed by atoms with Crippen molar-refractivity contribution in [1.82, 2.24) is 40.0 Å². The number of benzene rings is 4. The molecule has 0 radical (unpaired) electrons. The van der Waals surface area contributed by atoms with Crippen molar-refractivity contribution in [3.05, 3.63) is 121 Å². The molecule has 4 unspecified atom stereocenters. The zero-order chi connectivity index (χ0) is 41.2. The lowest BCUT2D eigenvalue weighted by atomic mass is 9.98. The Hall–Kier alpha value is -6.27. The number of rotatable bonds is 11. The predicted molar refractivity (Wildman–Crippen MR) is 229 cm³/mol. The summed E-state index contributed by atoms with van der Waals surface area (Å²) in [6, 6.07) is 30.0. The van der Waals surface area contributed by atoms with Crippen molar-refractivity contribution >= 4 is 28.7 Å². The summed E-state index contributed by atoms with van der Waals surface area (Å²) in [5.74, 6) is 1.43. The molecular formula is C47H52N8O4. The summed E-state index contributed by atoms with van der Waals surface area (Å²) in [5, 5.41) is 4.94. The lowest BCUT2D eigenvalue weighted by Crippen LogP contribution is -2.51. The van der Waals surface area contributed by atoms with Crippen molar-refractivity contribution in [1.29, 1.82) is 0 Å². The van der Waals surface area contributed by atoms with E-state index in [1.54, 1.807) is 0 Å². The maximum absolute atomic E-state index is 13.9. The molecule has 0 saturated carbocycles. The topological polar surface area (TPSA) is 140 Å². The molecule has 3 amide bonds. The Labute approximate surface area is 345 Å². The maximum atomic E-state index is 13.9. The summed E-state index contributed by atoms with van der Waals surface area (Å²) >= 11 is 0. The Bertz CT molecular complexity index is 2440. The molecule has 2 aromatic heterocycles. The van der Waals surface area contributed by atoms with Crippen LogP contribution < -0.4 is 5.32 Å². The standard InChI is InChI=1S/C47H52N8O4/c1-29(2)41(52-47(58)59-5)45(56)54-23-9-13-39(54)43-49-28-38(51-43)36-22-21-34-25-33(19-20-35(34)26-36)30-15-17-31(18-16-30)37-27-48-44(50-37)40-14-10-24-55(40)46(57)42(53(3)4)32-11-7-6-8-12-32/h6-8,11-12,15-22,25-29,39-42H,9-10,13-14,23-24H2,1-5H3,(H,48,50)(H,49,51)(H,52,58). The van der Waals surface area contributed by atoms with E-state index in [2.05, 4.69) is 75.9 Å². The van der Waals surface area contributed by atoms with Gasteiger partial charge < -0.3 is 29.8 Å². The number of likely N-dealkylation sites (N-methyl/N-ethyl adjacent to an activating group) is 1. The highest BCUT2D eigenvalue weighted by Gasteiger charge is 2.38. The molecule has 12 heteroatoms. The monoisotopic (exact) mass is 792 g/mol. The second-order valence-electron chi connectivity index (χ2n) is 16.2. The van der Waals surface area contributed by atoms with Crippen LogP contribution in [-0.4, -0.2) is 92.9 Å². The average molecular weight is 793 g/mol. The number of alkyl carbamates (subject to hydrolysis) is 1. The van der Waals surface area contributed by atoms with Gasteiger partial charge in [0.05, 0.1) is 43.0 Å². The first-order valence-electron chi connectivity index (χ1n) is 20.5. The van der Waals surface area contributed by atoms with Gasteiger partial charge in [0.15, 0.2) is 0 Å². The van der Waals surface area contributed by atoms with Gasteiger partial charge in [-0.1, -0.05) is 92.7 Å². The van der Waals surface area contributed by atoms with Gasteiger partial charge in [0.25, 0.3) is 0 Å². The molecule has 3 N–H and O–H groups in total. The maximum Gasteiger partial charge on any atom is 0.407 e. The number of hydrogen-bond donors (Lipinski definition) is 3. The van der Waals surface area contributed by atoms with Crippen LogP contribution in [0.1, 0.15) is 74.9 Å². The van der Waals surface area contributed by atoms with Gasteiger partial charge in [0, 0.05) is 18.7 Å². The summed E-state index contributed by atoms with van der Waals surface area (Å²) in [4.78, 5) is 61.9. The molecule has 8 rings (SSSR count). The Morgan fingerprint density at radius 1 is 0.712 bits per heavy atom. The van der Waals surface area contributed by atoms with Crippen LogP contribution in [0.4, 0.5) is 4.79 Å². The summed E-state index contributed by atoms with van der Waals surface area (Å²) in [7, 11) is 5.21. The smallest absolute Gasteiger partial charge is 0.407 e. The SMILES string of the molecule is COC(=O)NC(C(=O)N1CCCC1c1ncc(-c2ccc3cc(-c4ccc(-c5cnc(C6CCCN6C(=O)C(c6ccccc6)N(C)C)[nH]5)cc4)ccc3c2)[nH]1)C(C)C. The van der Waals surface area contributed by atoms with E-state index in [0.717, 1.165) is 87.3 Å². The molecule has 12 nitrogen and oxygen atoms in total. The van der Waals surface area contributed by atoms with Crippen molar-refractivity contribution in [2.45, 2.75) is 63.7 Å². The highest BCUT2D eigenvalue weighted by Crippen LogP contribution is 2.37. The normalized spacial score (nSPS) is 17.8. The van der Waals surface area contributed by atoms with Crippen LogP contribution in [0, 0.1) is 5.92 Å². The molecule has 2 aliphatic rings. The van der Waals surface area contributed by atoms with Crippen molar-refractivity contribution < 1.29 is 19.1 Å². The number of methoxy groups -OCH3 is 1. The van der Waals surface area contributed by atoms with E-state index in [1.165, 1.54) is 7.11 Å². The average Bonchev–Trinajstić information content (AvgIpc) is 4.09. The molecule has 2 saturated heterocycles. The predicted octanol–water partition coefficient (Wildman–Crippen LogP) is 8.30. The van der Waals surface area contributed by atoms with Crippen molar-refractivity contribution in [3.63, 3.8) is 0 Å². The third-order valence-corrected chi connectivity index (χ3v) is 11.8. The molecule has 304 valence electrons. The molecule has 2 aliphatic heterocycles. The number of carbonyl (C=O) groups is 3. The summed E-state index contributed by atoms with van der Waals surface area (Å²) in [5.41, 5.74) is 7.07. The van der Waals surface area contributed by atoms with Crippen LogP contribution in [-0.2, 0) is 14.3 Å². The largest absolute Gasteiger partial charge is 0.453 e. The van der Waals surface area contributed by atoms with Gasteiger partial charge in [-0.25, -0.2) is 14.8 Å². The highest BCUT2D eigenvalue weighted by atomic mass is 16.5. The molecular weight excluding hydrogens is 741 g/mol. The van der Waals surface area contributed by atoms with Gasteiger partial charge in [0.1, 0.15) is 23.7 Å². The van der Waals surface area contributed by atoms with Gasteiger partial charge in [-0.15, -0.1) is 0 Å². The van der Waals surface area contributed by atoms with Crippen LogP contribution >= 0.6 is 0 Å². The zero-order valence-corrected chi connectivity index (χ0v) is 34.3. The number of carbonyl (C=O) groups excluding carboxylic acids is 3. The van der Waals surface area contributed by atoms with Crippen LogP contribution in [0.3, 0.4) is 0 Å². The number of fused-ring (bicyclic) bond motifs is 1. The van der Waals surface area contributed by atoms with Gasteiger partial charge in [-0.05, 0) is 90.9 Å². The molecule has 4 heterocycles. The van der Waals surface area contributed by atoms with Crippen molar-refractivity contribution in [2.24, 2.45) is 5.92 Å². The second kappa shape index (κ2) is 16.9. The third-order valence-electron chi connectivity index (χ3n) is 11.8. The Balaban J connectivity index is 0.944. The lowest BCUT2D eigenvalue weighted by Gasteiger charge is -2.31. The minimum Gasteiger partial charge on any atom is -0.453 e. The van der Waals surface area contributed by atoms with Crippen molar-refractivity contribution in [3.8, 4) is 33.6 Å². The number of imidazole rings is 2. The summed E-state index contributed by atoms with van der Waals surface area (Å²) in [6.45, 7) is 5.14. The van der Waals surface area contributed by atoms with Crippen LogP contribution in [0.25, 0.3) is 44.4 Å². The van der Waals surface area contributed by atoms with Gasteiger partial charge in [-0.3, -0.25) is 14.5 Å². The zero-order valence-electron chi connectivity index (χ0n) is 34.3. The number of nitrogens with one attached hydrogen (secondary N) is 3. The molecule has 59 heavy (non-hydrogen) atoms. The molecule has 0 bridgehead atoms. The number of hydrogen-bond acceptors (Lipinski definition) is 7. The van der Waals surface area contributed by atoms with E-state index in [-0.39, 0.29) is 35.9 Å². The van der Waals surface area contributed by atoms with E-state index in [4.69, 9.17) is 14.7 Å². The molecule has 4 atom stereocenters. The molecule has 0 spiro atoms. The number of likely N-dealkylation sites (tertiary alicyclic amines) is 2. The number of amides is 3. The first-order chi connectivity index (χ1) is 28.6. The number of ether oxygens (including phenoxy) is 1. The first kappa shape index (κ1) is 39.6. The summed E-state index contributed by atoms with van der Waals surface area (Å²) < 4.78 is 4.77. The quantitative estimate of drug-likeness (QED) is 0.120. The number of nitrogens with zero attached hydrogens (tertiary/aromatic N) is 5. The lowest BCUT2D eigenvalue weighted by molar-refractivity contribution is -0.137. The third kappa shape index (κ3) is 8.09. The second-order valence-corrected chi connectivity index (χ2v) is 16.2. The van der Waals surface area contributed by atoms with E-state index in [9.17, 15) is 14.4 Å². The van der Waals surface area contributed by atoms with E-state index in [0.29, 0.717) is 13.1 Å². The van der Waals surface area contributed by atoms with E-state index < -0.39 is 12.1 Å². The Kier molecular flexibility index (Phi) is 11.3. The number of aromatic nitrogens is 4. The first-order valence-corrected chi connectivity index (χ1v) is 20.5. The highest BCUT2D eigenvalue weighted by molar-refractivity contribution is 5.91. The Morgan fingerprint density at radius 2 is 1.24 bits per heavy atom. The fourth-order valence-electron chi connectivity index (χ4n) is 8.70. The molecule has 0 aliphatic carbocycles. The van der Waals surface area contributed by atoms with E-state index >= 15 is 0 Å². The molecule has 6 aromatic rings. The number of H-pyrrole nitrogens is 2. The van der Waals surface area contributed by atoms with Gasteiger partial charge in [0.2, 0.25) is 11.8 Å². The fraction of sp³-hybridized carbons (Fsp3) is 0.340. The number of aromatic amines is 2.